The van der Waals surface area contributed by atoms with Crippen LogP contribution in [0.5, 0.6) is 6.01 Å². The summed E-state index contributed by atoms with van der Waals surface area (Å²) in [6.45, 7) is 4.30. The number of aromatic nitrogens is 3. The summed E-state index contributed by atoms with van der Waals surface area (Å²) in [4.78, 5) is 4.23. The molecule has 20 heavy (non-hydrogen) atoms. The van der Waals surface area contributed by atoms with E-state index < -0.39 is 0 Å². The van der Waals surface area contributed by atoms with Gasteiger partial charge in [-0.1, -0.05) is 32.0 Å². The van der Waals surface area contributed by atoms with Crippen molar-refractivity contribution in [1.82, 2.24) is 14.8 Å². The van der Waals surface area contributed by atoms with E-state index in [2.05, 4.69) is 23.9 Å². The van der Waals surface area contributed by atoms with Crippen molar-refractivity contribution < 1.29 is 4.74 Å². The van der Waals surface area contributed by atoms with E-state index in [9.17, 15) is 0 Å². The third-order valence-electron chi connectivity index (χ3n) is 4.37. The van der Waals surface area contributed by atoms with Crippen molar-refractivity contribution in [3.63, 3.8) is 0 Å². The zero-order chi connectivity index (χ0) is 14.2. The fourth-order valence-electron chi connectivity index (χ4n) is 2.53. The van der Waals surface area contributed by atoms with Crippen LogP contribution in [0.2, 0.25) is 0 Å². The molecule has 2 aromatic rings. The zero-order valence-corrected chi connectivity index (χ0v) is 12.4. The Morgan fingerprint density at radius 2 is 2.15 bits per heavy atom. The van der Waals surface area contributed by atoms with Crippen LogP contribution in [-0.2, 0) is 0 Å². The maximum atomic E-state index is 6.29. The fraction of sp³-hybridized carbons (Fsp3) is 0.467. The molecule has 0 amide bonds. The lowest BCUT2D eigenvalue weighted by Crippen LogP contribution is -2.55. The van der Waals surface area contributed by atoms with Crippen LogP contribution < -0.4 is 4.74 Å². The normalized spacial score (nSPS) is 28.9. The lowest BCUT2D eigenvalue weighted by Gasteiger charge is -2.49. The third kappa shape index (κ3) is 2.18. The van der Waals surface area contributed by atoms with Gasteiger partial charge in [0.15, 0.2) is 0 Å². The number of alkyl halides is 1. The number of rotatable bonds is 4. The largest absolute Gasteiger partial charge is 0.458 e. The van der Waals surface area contributed by atoms with Crippen LogP contribution in [-0.4, -0.2) is 26.2 Å². The van der Waals surface area contributed by atoms with Crippen molar-refractivity contribution in [3.8, 4) is 11.7 Å². The molecule has 3 atom stereocenters. The van der Waals surface area contributed by atoms with Crippen LogP contribution in [0.4, 0.5) is 0 Å². The van der Waals surface area contributed by atoms with E-state index >= 15 is 0 Å². The summed E-state index contributed by atoms with van der Waals surface area (Å²) in [6, 6.07) is 10.3. The van der Waals surface area contributed by atoms with E-state index in [0.29, 0.717) is 6.01 Å². The SMILES string of the molecule is CCC1(C)C(Cl)CC1Oc1ncn(-c2ccccc2)n1. The Morgan fingerprint density at radius 3 is 2.80 bits per heavy atom. The van der Waals surface area contributed by atoms with Gasteiger partial charge in [-0.2, -0.15) is 4.98 Å². The second-order valence-corrected chi connectivity index (χ2v) is 6.00. The Labute approximate surface area is 123 Å². The van der Waals surface area contributed by atoms with Crippen LogP contribution >= 0.6 is 11.6 Å². The highest BCUT2D eigenvalue weighted by Gasteiger charge is 2.51. The Morgan fingerprint density at radius 1 is 1.40 bits per heavy atom. The highest BCUT2D eigenvalue weighted by molar-refractivity contribution is 6.21. The van der Waals surface area contributed by atoms with E-state index in [1.807, 2.05) is 30.3 Å². The smallest absolute Gasteiger partial charge is 0.336 e. The van der Waals surface area contributed by atoms with E-state index in [1.54, 1.807) is 11.0 Å². The highest BCUT2D eigenvalue weighted by Crippen LogP contribution is 2.48. The maximum absolute atomic E-state index is 6.29. The van der Waals surface area contributed by atoms with Gasteiger partial charge in [0.2, 0.25) is 0 Å². The first-order valence-electron chi connectivity index (χ1n) is 6.91. The fourth-order valence-corrected chi connectivity index (χ4v) is 2.99. The van der Waals surface area contributed by atoms with Crippen LogP contribution in [0.3, 0.4) is 0 Å². The molecule has 1 saturated carbocycles. The predicted molar refractivity (Wildman–Crippen MR) is 78.4 cm³/mol. The quantitative estimate of drug-likeness (QED) is 0.810. The third-order valence-corrected chi connectivity index (χ3v) is 5.05. The average Bonchev–Trinajstić information content (AvgIpc) is 2.95. The number of nitrogens with zero attached hydrogens (tertiary/aromatic N) is 3. The standard InChI is InChI=1S/C15H18ClN3O/c1-3-15(2)12(16)9-13(15)20-14-17-10-19(18-14)11-7-5-4-6-8-11/h4-8,10,12-13H,3,9H2,1-2H3. The second-order valence-electron chi connectivity index (χ2n) is 5.48. The molecular formula is C15H18ClN3O. The minimum atomic E-state index is 0.0137. The van der Waals surface area contributed by atoms with Gasteiger partial charge in [0, 0.05) is 17.2 Å². The van der Waals surface area contributed by atoms with Crippen molar-refractivity contribution in [3.05, 3.63) is 36.7 Å². The molecule has 1 fully saturated rings. The Kier molecular flexibility index (Phi) is 3.42. The average molecular weight is 292 g/mol. The van der Waals surface area contributed by atoms with Gasteiger partial charge in [-0.05, 0) is 18.6 Å². The van der Waals surface area contributed by atoms with Crippen molar-refractivity contribution >= 4 is 11.6 Å². The topological polar surface area (TPSA) is 39.9 Å². The molecule has 1 aromatic carbocycles. The molecular weight excluding hydrogens is 274 g/mol. The zero-order valence-electron chi connectivity index (χ0n) is 11.7. The van der Waals surface area contributed by atoms with E-state index in [0.717, 1.165) is 18.5 Å². The molecule has 0 radical (unpaired) electrons. The molecule has 0 spiro atoms. The summed E-state index contributed by atoms with van der Waals surface area (Å²) >= 11 is 6.29. The van der Waals surface area contributed by atoms with Gasteiger partial charge in [0.25, 0.3) is 0 Å². The van der Waals surface area contributed by atoms with E-state index in [1.165, 1.54) is 0 Å². The summed E-state index contributed by atoms with van der Waals surface area (Å²) < 4.78 is 7.62. The monoisotopic (exact) mass is 291 g/mol. The summed E-state index contributed by atoms with van der Waals surface area (Å²) in [6.07, 6.45) is 3.61. The first-order valence-corrected chi connectivity index (χ1v) is 7.35. The minimum absolute atomic E-state index is 0.0137. The summed E-state index contributed by atoms with van der Waals surface area (Å²) in [7, 11) is 0. The molecule has 1 aromatic heterocycles. The number of hydrogen-bond donors (Lipinski definition) is 0. The van der Waals surface area contributed by atoms with Gasteiger partial charge in [0.05, 0.1) is 5.69 Å². The van der Waals surface area contributed by atoms with Crippen LogP contribution in [0.15, 0.2) is 36.7 Å². The van der Waals surface area contributed by atoms with Crippen molar-refractivity contribution in [2.75, 3.05) is 0 Å². The van der Waals surface area contributed by atoms with Gasteiger partial charge in [-0.25, -0.2) is 4.68 Å². The van der Waals surface area contributed by atoms with E-state index in [-0.39, 0.29) is 16.9 Å². The van der Waals surface area contributed by atoms with Gasteiger partial charge in [-0.15, -0.1) is 16.7 Å². The van der Waals surface area contributed by atoms with E-state index in [4.69, 9.17) is 16.3 Å². The van der Waals surface area contributed by atoms with Gasteiger partial charge in [0.1, 0.15) is 12.4 Å². The molecule has 0 saturated heterocycles. The number of para-hydroxylation sites is 1. The number of halogens is 1. The molecule has 3 unspecified atom stereocenters. The lowest BCUT2D eigenvalue weighted by atomic mass is 9.65. The summed E-state index contributed by atoms with van der Waals surface area (Å²) in [5.74, 6) is 0. The maximum Gasteiger partial charge on any atom is 0.336 e. The van der Waals surface area contributed by atoms with Crippen molar-refractivity contribution in [2.24, 2.45) is 5.41 Å². The first-order chi connectivity index (χ1) is 9.63. The number of hydrogen-bond acceptors (Lipinski definition) is 3. The van der Waals surface area contributed by atoms with Gasteiger partial charge >= 0.3 is 6.01 Å². The van der Waals surface area contributed by atoms with Gasteiger partial charge in [-0.3, -0.25) is 0 Å². The molecule has 0 bridgehead atoms. The van der Waals surface area contributed by atoms with Crippen LogP contribution in [0.1, 0.15) is 26.7 Å². The molecule has 5 heteroatoms. The predicted octanol–water partition coefficient (Wildman–Crippen LogP) is 3.44. The molecule has 1 aliphatic rings. The molecule has 1 aliphatic carbocycles. The van der Waals surface area contributed by atoms with Crippen LogP contribution in [0.25, 0.3) is 5.69 Å². The molecule has 0 aliphatic heterocycles. The first kappa shape index (κ1) is 13.4. The van der Waals surface area contributed by atoms with Gasteiger partial charge < -0.3 is 4.74 Å². The van der Waals surface area contributed by atoms with Crippen molar-refractivity contribution in [1.29, 1.82) is 0 Å². The van der Waals surface area contributed by atoms with Crippen molar-refractivity contribution in [2.45, 2.75) is 38.2 Å². The molecule has 3 rings (SSSR count). The summed E-state index contributed by atoms with van der Waals surface area (Å²) in [5.41, 5.74) is 0.983. The highest BCUT2D eigenvalue weighted by atomic mass is 35.5. The lowest BCUT2D eigenvalue weighted by molar-refractivity contribution is -0.0348. The number of benzene rings is 1. The number of ether oxygens (including phenoxy) is 1. The molecule has 106 valence electrons. The van der Waals surface area contributed by atoms with Crippen LogP contribution in [0, 0.1) is 5.41 Å². The summed E-state index contributed by atoms with van der Waals surface area (Å²) in [5, 5.41) is 4.54. The Bertz CT molecular complexity index is 586. The second kappa shape index (κ2) is 5.09. The Balaban J connectivity index is 1.73. The molecule has 4 nitrogen and oxygen atoms in total. The molecule has 0 N–H and O–H groups in total. The minimum Gasteiger partial charge on any atom is -0.458 e. The molecule has 1 heterocycles. The Hall–Kier alpha value is -1.55.